The van der Waals surface area contributed by atoms with Crippen molar-refractivity contribution >= 4 is 29.5 Å². The second kappa shape index (κ2) is 10.9. The molecule has 3 aliphatic rings. The summed E-state index contributed by atoms with van der Waals surface area (Å²) in [7, 11) is 0. The largest absolute Gasteiger partial charge is 0.433 e. The Kier molecular flexibility index (Phi) is 7.22. The number of nitrogens with zero attached hydrogens (tertiary/aromatic N) is 3. The number of amides is 4. The number of para-hydroxylation sites is 1. The highest BCUT2D eigenvalue weighted by molar-refractivity contribution is 5.91. The minimum Gasteiger partial charge on any atom is -0.433 e. The number of carbonyl (C=O) groups excluding carboxylic acids is 4. The Morgan fingerprint density at radius 1 is 1.00 bits per heavy atom. The molecule has 0 aliphatic carbocycles. The minimum absolute atomic E-state index is 0.0454. The van der Waals surface area contributed by atoms with Gasteiger partial charge < -0.3 is 14.8 Å². The van der Waals surface area contributed by atoms with Crippen molar-refractivity contribution in [3.05, 3.63) is 66.2 Å². The molecule has 2 aromatic rings. The smallest absolute Gasteiger partial charge is 0.358 e. The van der Waals surface area contributed by atoms with Gasteiger partial charge in [0.25, 0.3) is 0 Å². The van der Waals surface area contributed by atoms with E-state index < -0.39 is 36.3 Å². The van der Waals surface area contributed by atoms with Gasteiger partial charge in [-0.05, 0) is 30.5 Å². The van der Waals surface area contributed by atoms with E-state index in [1.165, 1.54) is 15.0 Å². The van der Waals surface area contributed by atoms with Crippen LogP contribution in [-0.2, 0) is 30.5 Å². The third-order valence-corrected chi connectivity index (χ3v) is 6.55. The predicted octanol–water partition coefficient (Wildman–Crippen LogP) is 2.02. The second-order valence-corrected chi connectivity index (χ2v) is 9.16. The summed E-state index contributed by atoms with van der Waals surface area (Å²) in [5, 5.41) is 6.79. The molecule has 11 nitrogen and oxygen atoms in total. The van der Waals surface area contributed by atoms with Gasteiger partial charge in [0, 0.05) is 13.0 Å². The fourth-order valence-electron chi connectivity index (χ4n) is 4.72. The van der Waals surface area contributed by atoms with Gasteiger partial charge in [-0.2, -0.15) is 0 Å². The summed E-state index contributed by atoms with van der Waals surface area (Å²) in [6, 6.07) is 16.4. The number of anilines is 1. The Bertz CT molecular complexity index is 1150. The van der Waals surface area contributed by atoms with Crippen LogP contribution in [0.2, 0.25) is 0 Å². The average Bonchev–Trinajstić information content (AvgIpc) is 3.22. The standard InChI is InChI=1S/C26H29N5O6/c32-22-13-15-29(28-19-10-5-2-6-11-19)26(35)31-21(12-7-14-30(22)31)24(34)27-20-16-23(33)37-25(20)36-17-18-8-3-1-4-9-18/h1-6,8-11,20-21,25,28H,7,12-17H2,(H,27,34)/t20-,21-,25?/m0/s1. The summed E-state index contributed by atoms with van der Waals surface area (Å²) in [6.45, 7) is 0.719. The van der Waals surface area contributed by atoms with Crippen LogP contribution >= 0.6 is 0 Å². The van der Waals surface area contributed by atoms with Gasteiger partial charge in [0.15, 0.2) is 0 Å². The Labute approximate surface area is 214 Å². The molecule has 4 amide bonds. The van der Waals surface area contributed by atoms with E-state index in [4.69, 9.17) is 9.47 Å². The maximum absolute atomic E-state index is 13.6. The lowest BCUT2D eigenvalue weighted by molar-refractivity contribution is -0.169. The lowest BCUT2D eigenvalue weighted by Gasteiger charge is -2.43. The molecular weight excluding hydrogens is 478 g/mol. The first kappa shape index (κ1) is 24.6. The van der Waals surface area contributed by atoms with Crippen LogP contribution in [0.3, 0.4) is 0 Å². The van der Waals surface area contributed by atoms with E-state index in [9.17, 15) is 19.2 Å². The number of carbonyl (C=O) groups is 4. The van der Waals surface area contributed by atoms with E-state index in [2.05, 4.69) is 10.7 Å². The number of fused-ring (bicyclic) bond motifs is 1. The molecule has 3 heterocycles. The molecule has 2 N–H and O–H groups in total. The van der Waals surface area contributed by atoms with Crippen molar-refractivity contribution in [2.24, 2.45) is 0 Å². The SMILES string of the molecule is O=C1C[C@H](NC(=O)[C@@H]2CCCN3C(=O)CCN(Nc4ccccc4)C(=O)N23)C(OCc2ccccc2)O1. The van der Waals surface area contributed by atoms with Gasteiger partial charge in [0.2, 0.25) is 18.1 Å². The molecule has 0 saturated carbocycles. The van der Waals surface area contributed by atoms with Crippen LogP contribution in [0.15, 0.2) is 60.7 Å². The summed E-state index contributed by atoms with van der Waals surface area (Å²) in [6.07, 6.45) is 0.0623. The van der Waals surface area contributed by atoms with Crippen LogP contribution in [0.1, 0.15) is 31.2 Å². The molecule has 3 atom stereocenters. The third-order valence-electron chi connectivity index (χ3n) is 6.55. The summed E-state index contributed by atoms with van der Waals surface area (Å²) < 4.78 is 11.1. The average molecular weight is 508 g/mol. The van der Waals surface area contributed by atoms with Gasteiger partial charge in [-0.15, -0.1) is 0 Å². The zero-order valence-electron chi connectivity index (χ0n) is 20.2. The van der Waals surface area contributed by atoms with Gasteiger partial charge >= 0.3 is 12.0 Å². The third kappa shape index (κ3) is 5.51. The minimum atomic E-state index is -0.950. The molecule has 1 unspecified atom stereocenters. The highest BCUT2D eigenvalue weighted by atomic mass is 16.7. The summed E-state index contributed by atoms with van der Waals surface area (Å²) in [5.41, 5.74) is 4.64. The molecule has 11 heteroatoms. The highest BCUT2D eigenvalue weighted by Gasteiger charge is 2.45. The molecule has 3 aliphatic heterocycles. The van der Waals surface area contributed by atoms with E-state index in [0.717, 1.165) is 5.56 Å². The number of rotatable bonds is 7. The van der Waals surface area contributed by atoms with Crippen LogP contribution in [-0.4, -0.2) is 70.3 Å². The molecular formula is C26H29N5O6. The molecule has 0 radical (unpaired) electrons. The number of esters is 1. The number of ether oxygens (including phenoxy) is 2. The number of hydrazine groups is 2. The molecule has 3 saturated heterocycles. The molecule has 194 valence electrons. The number of hydrogen-bond acceptors (Lipinski definition) is 7. The molecule has 5 rings (SSSR count). The topological polar surface area (TPSA) is 121 Å². The number of hydrogen-bond donors (Lipinski definition) is 2. The first-order valence-electron chi connectivity index (χ1n) is 12.4. The number of cyclic esters (lactones) is 1. The highest BCUT2D eigenvalue weighted by Crippen LogP contribution is 2.26. The molecule has 0 bridgehead atoms. The van der Waals surface area contributed by atoms with E-state index in [-0.39, 0.29) is 31.9 Å². The van der Waals surface area contributed by atoms with Crippen molar-refractivity contribution in [1.29, 1.82) is 0 Å². The van der Waals surface area contributed by atoms with Gasteiger partial charge in [-0.1, -0.05) is 48.5 Å². The van der Waals surface area contributed by atoms with E-state index in [0.29, 0.717) is 25.1 Å². The van der Waals surface area contributed by atoms with Gasteiger partial charge in [-0.3, -0.25) is 19.8 Å². The molecule has 3 fully saturated rings. The molecule has 2 aromatic carbocycles. The predicted molar refractivity (Wildman–Crippen MR) is 131 cm³/mol. The van der Waals surface area contributed by atoms with Crippen LogP contribution in [0.25, 0.3) is 0 Å². The van der Waals surface area contributed by atoms with Crippen molar-refractivity contribution < 1.29 is 28.7 Å². The summed E-state index contributed by atoms with van der Waals surface area (Å²) >= 11 is 0. The van der Waals surface area contributed by atoms with Crippen molar-refractivity contribution in [3.63, 3.8) is 0 Å². The number of urea groups is 1. The fraction of sp³-hybridized carbons (Fsp3) is 0.385. The number of benzene rings is 2. The zero-order chi connectivity index (χ0) is 25.8. The van der Waals surface area contributed by atoms with Gasteiger partial charge in [-0.25, -0.2) is 19.8 Å². The maximum Gasteiger partial charge on any atom is 0.358 e. The first-order valence-corrected chi connectivity index (χ1v) is 12.4. The lowest BCUT2D eigenvalue weighted by Crippen LogP contribution is -2.64. The monoisotopic (exact) mass is 507 g/mol. The van der Waals surface area contributed by atoms with Crippen molar-refractivity contribution in [1.82, 2.24) is 20.3 Å². The van der Waals surface area contributed by atoms with Crippen molar-refractivity contribution in [2.45, 2.75) is 50.7 Å². The molecule has 37 heavy (non-hydrogen) atoms. The number of nitrogens with one attached hydrogen (secondary N) is 2. The van der Waals surface area contributed by atoms with Gasteiger partial charge in [0.1, 0.15) is 12.1 Å². The lowest BCUT2D eigenvalue weighted by atomic mass is 10.1. The summed E-state index contributed by atoms with van der Waals surface area (Å²) in [5.74, 6) is -1.18. The Morgan fingerprint density at radius 3 is 2.49 bits per heavy atom. The Morgan fingerprint density at radius 2 is 1.73 bits per heavy atom. The van der Waals surface area contributed by atoms with Crippen LogP contribution in [0.4, 0.5) is 10.5 Å². The van der Waals surface area contributed by atoms with Crippen LogP contribution < -0.4 is 10.7 Å². The molecule has 0 aromatic heterocycles. The van der Waals surface area contributed by atoms with E-state index in [1.54, 1.807) is 0 Å². The van der Waals surface area contributed by atoms with Crippen LogP contribution in [0.5, 0.6) is 0 Å². The van der Waals surface area contributed by atoms with Crippen molar-refractivity contribution in [2.75, 3.05) is 18.5 Å². The van der Waals surface area contributed by atoms with E-state index >= 15 is 0 Å². The van der Waals surface area contributed by atoms with Gasteiger partial charge in [0.05, 0.1) is 25.3 Å². The molecule has 0 spiro atoms. The zero-order valence-corrected chi connectivity index (χ0v) is 20.2. The summed E-state index contributed by atoms with van der Waals surface area (Å²) in [4.78, 5) is 51.9. The quantitative estimate of drug-likeness (QED) is 0.550. The maximum atomic E-state index is 13.6. The van der Waals surface area contributed by atoms with Crippen LogP contribution in [0, 0.1) is 0 Å². The van der Waals surface area contributed by atoms with Crippen molar-refractivity contribution in [3.8, 4) is 0 Å². The van der Waals surface area contributed by atoms with E-state index in [1.807, 2.05) is 60.7 Å². The Balaban J connectivity index is 1.29. The normalized spacial score (nSPS) is 23.8. The Hall–Kier alpha value is -4.12. The first-order chi connectivity index (χ1) is 18.0. The fourth-order valence-corrected chi connectivity index (χ4v) is 4.72. The second-order valence-electron chi connectivity index (χ2n) is 9.16.